The summed E-state index contributed by atoms with van der Waals surface area (Å²) < 4.78 is 10.1. The fourth-order valence-corrected chi connectivity index (χ4v) is 1.53. The minimum Gasteiger partial charge on any atom is -0.478 e. The summed E-state index contributed by atoms with van der Waals surface area (Å²) >= 11 is 0. The van der Waals surface area contributed by atoms with E-state index in [1.165, 1.54) is 18.3 Å². The second kappa shape index (κ2) is 5.87. The van der Waals surface area contributed by atoms with Crippen LogP contribution >= 0.6 is 0 Å². The number of nitrogens with zero attached hydrogens (tertiary/aromatic N) is 1. The van der Waals surface area contributed by atoms with Crippen molar-refractivity contribution in [1.29, 1.82) is 0 Å². The van der Waals surface area contributed by atoms with Crippen molar-refractivity contribution in [2.75, 3.05) is 6.61 Å². The van der Waals surface area contributed by atoms with E-state index < -0.39 is 12.1 Å². The van der Waals surface area contributed by atoms with Crippen LogP contribution in [0.2, 0.25) is 0 Å². The van der Waals surface area contributed by atoms with Crippen LogP contribution < -0.4 is 5.32 Å². The number of hydrogen-bond donors (Lipinski definition) is 2. The van der Waals surface area contributed by atoms with Crippen molar-refractivity contribution in [3.05, 3.63) is 42.3 Å². The molecule has 0 unspecified atom stereocenters. The Hall–Kier alpha value is -2.83. The fraction of sp³-hybridized carbons (Fsp3) is 0.154. The molecular formula is C13H12N2O5. The number of aromatic carboxylic acids is 1. The third-order valence-electron chi connectivity index (χ3n) is 2.41. The van der Waals surface area contributed by atoms with Gasteiger partial charge in [0.1, 0.15) is 12.4 Å². The maximum Gasteiger partial charge on any atom is 0.407 e. The van der Waals surface area contributed by atoms with E-state index in [2.05, 4.69) is 16.9 Å². The van der Waals surface area contributed by atoms with Crippen molar-refractivity contribution in [2.24, 2.45) is 0 Å². The van der Waals surface area contributed by atoms with Gasteiger partial charge < -0.3 is 19.6 Å². The fourth-order valence-electron chi connectivity index (χ4n) is 1.53. The first kappa shape index (κ1) is 13.6. The molecule has 20 heavy (non-hydrogen) atoms. The van der Waals surface area contributed by atoms with Crippen molar-refractivity contribution in [3.63, 3.8) is 0 Å². The second-order valence-corrected chi connectivity index (χ2v) is 3.88. The quantitative estimate of drug-likeness (QED) is 0.809. The van der Waals surface area contributed by atoms with E-state index in [4.69, 9.17) is 14.3 Å². The number of carboxylic acids is 1. The molecule has 0 radical (unpaired) electrons. The van der Waals surface area contributed by atoms with Gasteiger partial charge in [-0.1, -0.05) is 12.7 Å². The van der Waals surface area contributed by atoms with E-state index in [9.17, 15) is 9.59 Å². The Labute approximate surface area is 113 Å². The number of ether oxygens (including phenoxy) is 1. The van der Waals surface area contributed by atoms with Crippen molar-refractivity contribution in [2.45, 2.75) is 6.54 Å². The van der Waals surface area contributed by atoms with Gasteiger partial charge in [0.15, 0.2) is 0 Å². The number of pyridine rings is 1. The zero-order chi connectivity index (χ0) is 14.5. The van der Waals surface area contributed by atoms with Gasteiger partial charge in [0, 0.05) is 11.6 Å². The SMILES string of the molecule is C=CCOC(=O)NCc1cc2cc(C(=O)O)cnc2o1. The maximum atomic E-state index is 11.2. The Morgan fingerprint density at radius 2 is 2.30 bits per heavy atom. The van der Waals surface area contributed by atoms with Gasteiger partial charge in [-0.3, -0.25) is 0 Å². The lowest BCUT2D eigenvalue weighted by molar-refractivity contribution is 0.0696. The Balaban J connectivity index is 2.06. The summed E-state index contributed by atoms with van der Waals surface area (Å²) in [5.41, 5.74) is 0.384. The van der Waals surface area contributed by atoms with E-state index in [-0.39, 0.29) is 18.7 Å². The van der Waals surface area contributed by atoms with Crippen LogP contribution in [-0.2, 0) is 11.3 Å². The third kappa shape index (κ3) is 3.14. The molecule has 2 heterocycles. The van der Waals surface area contributed by atoms with Crippen LogP contribution in [0.4, 0.5) is 4.79 Å². The van der Waals surface area contributed by atoms with Gasteiger partial charge in [0.05, 0.1) is 12.1 Å². The number of hydrogen-bond acceptors (Lipinski definition) is 5. The molecule has 0 spiro atoms. The monoisotopic (exact) mass is 276 g/mol. The summed E-state index contributed by atoms with van der Waals surface area (Å²) in [6, 6.07) is 3.07. The molecule has 0 fully saturated rings. The Morgan fingerprint density at radius 1 is 1.50 bits per heavy atom. The largest absolute Gasteiger partial charge is 0.478 e. The lowest BCUT2D eigenvalue weighted by Gasteiger charge is -2.02. The molecule has 0 saturated carbocycles. The van der Waals surface area contributed by atoms with Crippen molar-refractivity contribution < 1.29 is 23.8 Å². The average molecular weight is 276 g/mol. The number of alkyl carbamates (subject to hydrolysis) is 1. The van der Waals surface area contributed by atoms with Crippen LogP contribution in [0.15, 0.2) is 35.4 Å². The highest BCUT2D eigenvalue weighted by Crippen LogP contribution is 2.18. The number of aromatic nitrogens is 1. The molecule has 2 aromatic rings. The highest BCUT2D eigenvalue weighted by molar-refractivity contribution is 5.91. The smallest absolute Gasteiger partial charge is 0.407 e. The number of amides is 1. The number of furan rings is 1. The van der Waals surface area contributed by atoms with Crippen molar-refractivity contribution in [1.82, 2.24) is 10.3 Å². The van der Waals surface area contributed by atoms with Gasteiger partial charge in [-0.05, 0) is 12.1 Å². The number of rotatable bonds is 5. The van der Waals surface area contributed by atoms with Crippen LogP contribution in [0, 0.1) is 0 Å². The molecule has 7 nitrogen and oxygen atoms in total. The average Bonchev–Trinajstić information content (AvgIpc) is 2.84. The van der Waals surface area contributed by atoms with E-state index in [0.717, 1.165) is 0 Å². The number of carboxylic acid groups (broad SMARTS) is 1. The standard InChI is InChI=1S/C13H12N2O5/c1-2-3-19-13(18)15-7-10-5-8-4-9(12(16)17)6-14-11(8)20-10/h2,4-6H,1,3,7H2,(H,15,18)(H,16,17). The lowest BCUT2D eigenvalue weighted by atomic mass is 10.2. The molecule has 2 aromatic heterocycles. The molecule has 0 aliphatic rings. The molecule has 0 aliphatic heterocycles. The zero-order valence-corrected chi connectivity index (χ0v) is 10.5. The van der Waals surface area contributed by atoms with Crippen LogP contribution in [0.5, 0.6) is 0 Å². The van der Waals surface area contributed by atoms with Crippen molar-refractivity contribution in [3.8, 4) is 0 Å². The molecule has 104 valence electrons. The number of carbonyl (C=O) groups is 2. The summed E-state index contributed by atoms with van der Waals surface area (Å²) in [6.45, 7) is 3.66. The van der Waals surface area contributed by atoms with Gasteiger partial charge in [0.2, 0.25) is 5.71 Å². The summed E-state index contributed by atoms with van der Waals surface area (Å²) in [5, 5.41) is 11.9. The minimum absolute atomic E-state index is 0.0724. The van der Waals surface area contributed by atoms with E-state index >= 15 is 0 Å². The third-order valence-corrected chi connectivity index (χ3v) is 2.41. The van der Waals surface area contributed by atoms with Gasteiger partial charge >= 0.3 is 12.1 Å². The summed E-state index contributed by atoms with van der Waals surface area (Å²) in [6.07, 6.45) is 2.08. The predicted molar refractivity (Wildman–Crippen MR) is 69.4 cm³/mol. The van der Waals surface area contributed by atoms with Gasteiger partial charge in [0.25, 0.3) is 0 Å². The van der Waals surface area contributed by atoms with E-state index in [1.807, 2.05) is 0 Å². The van der Waals surface area contributed by atoms with E-state index in [0.29, 0.717) is 16.9 Å². The number of nitrogens with one attached hydrogen (secondary N) is 1. The van der Waals surface area contributed by atoms with Gasteiger partial charge in [-0.15, -0.1) is 0 Å². The molecule has 0 aromatic carbocycles. The number of fused-ring (bicyclic) bond motifs is 1. The zero-order valence-electron chi connectivity index (χ0n) is 10.5. The predicted octanol–water partition coefficient (Wildman–Crippen LogP) is 1.94. The topological polar surface area (TPSA) is 102 Å². The first-order valence-corrected chi connectivity index (χ1v) is 5.73. The van der Waals surface area contributed by atoms with E-state index in [1.54, 1.807) is 6.07 Å². The van der Waals surface area contributed by atoms with Gasteiger partial charge in [-0.25, -0.2) is 14.6 Å². The maximum absolute atomic E-state index is 11.2. The molecule has 0 saturated heterocycles. The Morgan fingerprint density at radius 3 is 3.00 bits per heavy atom. The minimum atomic E-state index is -1.06. The highest BCUT2D eigenvalue weighted by Gasteiger charge is 2.10. The van der Waals surface area contributed by atoms with Crippen LogP contribution in [-0.4, -0.2) is 28.8 Å². The summed E-state index contributed by atoms with van der Waals surface area (Å²) in [5.74, 6) is -0.612. The Kier molecular flexibility index (Phi) is 3.99. The normalized spacial score (nSPS) is 10.2. The highest BCUT2D eigenvalue weighted by atomic mass is 16.5. The lowest BCUT2D eigenvalue weighted by Crippen LogP contribution is -2.23. The molecule has 2 N–H and O–H groups in total. The molecule has 0 atom stereocenters. The molecule has 1 amide bonds. The molecular weight excluding hydrogens is 264 g/mol. The second-order valence-electron chi connectivity index (χ2n) is 3.88. The number of carbonyl (C=O) groups excluding carboxylic acids is 1. The molecule has 0 aliphatic carbocycles. The first-order valence-electron chi connectivity index (χ1n) is 5.73. The molecule has 0 bridgehead atoms. The van der Waals surface area contributed by atoms with Crippen LogP contribution in [0.3, 0.4) is 0 Å². The van der Waals surface area contributed by atoms with Crippen molar-refractivity contribution >= 4 is 23.2 Å². The summed E-state index contributed by atoms with van der Waals surface area (Å²) in [7, 11) is 0. The van der Waals surface area contributed by atoms with Crippen LogP contribution in [0.1, 0.15) is 16.1 Å². The van der Waals surface area contributed by atoms with Gasteiger partial charge in [-0.2, -0.15) is 0 Å². The first-order chi connectivity index (χ1) is 9.60. The molecule has 7 heteroatoms. The van der Waals surface area contributed by atoms with Crippen LogP contribution in [0.25, 0.3) is 11.1 Å². The molecule has 2 rings (SSSR count). The summed E-state index contributed by atoms with van der Waals surface area (Å²) in [4.78, 5) is 25.9. The Bertz CT molecular complexity index is 662.